The van der Waals surface area contributed by atoms with Crippen LogP contribution >= 0.6 is 0 Å². The normalized spacial score (nSPS) is 22.3. The molecule has 1 N–H and O–H groups in total. The van der Waals surface area contributed by atoms with E-state index in [2.05, 4.69) is 55.5 Å². The Morgan fingerprint density at radius 1 is 1.19 bits per heavy atom. The van der Waals surface area contributed by atoms with Crippen molar-refractivity contribution in [1.29, 1.82) is 0 Å². The zero-order valence-corrected chi connectivity index (χ0v) is 13.6. The first-order valence-electron chi connectivity index (χ1n) is 7.77. The van der Waals surface area contributed by atoms with Crippen LogP contribution in [0.5, 0.6) is 0 Å². The zero-order chi connectivity index (χ0) is 15.4. The van der Waals surface area contributed by atoms with Crippen molar-refractivity contribution in [2.75, 3.05) is 27.2 Å². The summed E-state index contributed by atoms with van der Waals surface area (Å²) in [6, 6.07) is 8.35. The second-order valence-corrected chi connectivity index (χ2v) is 6.24. The molecule has 1 aromatic rings. The van der Waals surface area contributed by atoms with Gasteiger partial charge in [0, 0.05) is 6.54 Å². The Bertz CT molecular complexity index is 469. The quantitative estimate of drug-likeness (QED) is 0.815. The first kappa shape index (κ1) is 16.0. The van der Waals surface area contributed by atoms with E-state index in [4.69, 9.17) is 0 Å². The van der Waals surface area contributed by atoms with Crippen molar-refractivity contribution in [2.45, 2.75) is 38.9 Å². The Morgan fingerprint density at radius 3 is 2.48 bits per heavy atom. The minimum Gasteiger partial charge on any atom is -0.322 e. The van der Waals surface area contributed by atoms with Gasteiger partial charge in [0.05, 0.1) is 6.04 Å². The Kier molecular flexibility index (Phi) is 5.37. The highest BCUT2D eigenvalue weighted by molar-refractivity contribution is 5.84. The second-order valence-electron chi connectivity index (χ2n) is 6.24. The van der Waals surface area contributed by atoms with Crippen molar-refractivity contribution in [2.24, 2.45) is 0 Å². The molecule has 4 heteroatoms. The highest BCUT2D eigenvalue weighted by Gasteiger charge is 2.36. The van der Waals surface area contributed by atoms with E-state index < -0.39 is 0 Å². The number of carbonyl (C=O) groups excluding carboxylic acids is 1. The van der Waals surface area contributed by atoms with Crippen LogP contribution in [-0.4, -0.2) is 48.9 Å². The maximum Gasteiger partial charge on any atom is 0.241 e. The van der Waals surface area contributed by atoms with E-state index in [9.17, 15) is 4.79 Å². The molecule has 1 aromatic carbocycles. The van der Waals surface area contributed by atoms with Gasteiger partial charge >= 0.3 is 0 Å². The number of hydrogen-bond acceptors (Lipinski definition) is 3. The SMILES string of the molecule is Cc1ccc(C2NC(C)C(=O)N2CCCCN(C)C)cc1. The molecule has 0 radical (unpaired) electrons. The summed E-state index contributed by atoms with van der Waals surface area (Å²) in [5.74, 6) is 0.213. The van der Waals surface area contributed by atoms with Gasteiger partial charge in [0.15, 0.2) is 0 Å². The highest BCUT2D eigenvalue weighted by atomic mass is 16.2. The largest absolute Gasteiger partial charge is 0.322 e. The van der Waals surface area contributed by atoms with Gasteiger partial charge in [-0.3, -0.25) is 10.1 Å². The van der Waals surface area contributed by atoms with Gasteiger partial charge in [-0.2, -0.15) is 0 Å². The van der Waals surface area contributed by atoms with Crippen LogP contribution in [0.2, 0.25) is 0 Å². The van der Waals surface area contributed by atoms with Crippen LogP contribution < -0.4 is 5.32 Å². The van der Waals surface area contributed by atoms with E-state index in [0.29, 0.717) is 0 Å². The minimum absolute atomic E-state index is 0.0208. The summed E-state index contributed by atoms with van der Waals surface area (Å²) in [5.41, 5.74) is 2.42. The van der Waals surface area contributed by atoms with E-state index in [1.165, 1.54) is 11.1 Å². The summed E-state index contributed by atoms with van der Waals surface area (Å²) in [6.07, 6.45) is 2.18. The third-order valence-electron chi connectivity index (χ3n) is 4.02. The number of aryl methyl sites for hydroxylation is 1. The number of nitrogens with zero attached hydrogens (tertiary/aromatic N) is 2. The van der Waals surface area contributed by atoms with Gasteiger partial charge in [0.2, 0.25) is 5.91 Å². The molecule has 0 spiro atoms. The summed E-state index contributed by atoms with van der Waals surface area (Å²) in [7, 11) is 4.17. The fourth-order valence-corrected chi connectivity index (χ4v) is 2.75. The molecule has 1 amide bonds. The van der Waals surface area contributed by atoms with Crippen LogP contribution in [0, 0.1) is 6.92 Å². The van der Waals surface area contributed by atoms with Crippen LogP contribution in [0.3, 0.4) is 0 Å². The van der Waals surface area contributed by atoms with Crippen molar-refractivity contribution in [3.63, 3.8) is 0 Å². The number of nitrogens with one attached hydrogen (secondary N) is 1. The molecular formula is C17H27N3O. The van der Waals surface area contributed by atoms with E-state index in [-0.39, 0.29) is 18.1 Å². The van der Waals surface area contributed by atoms with Gasteiger partial charge in [-0.15, -0.1) is 0 Å². The molecule has 1 saturated heterocycles. The van der Waals surface area contributed by atoms with Gasteiger partial charge in [0.25, 0.3) is 0 Å². The fraction of sp³-hybridized carbons (Fsp3) is 0.588. The monoisotopic (exact) mass is 289 g/mol. The number of amides is 1. The molecule has 1 fully saturated rings. The Hall–Kier alpha value is -1.39. The molecule has 2 unspecified atom stereocenters. The molecule has 116 valence electrons. The Balaban J connectivity index is 2.01. The van der Waals surface area contributed by atoms with Crippen molar-refractivity contribution in [3.8, 4) is 0 Å². The minimum atomic E-state index is -0.0925. The van der Waals surface area contributed by atoms with Gasteiger partial charge in [0.1, 0.15) is 6.17 Å². The predicted octanol–water partition coefficient (Wildman–Crippen LogP) is 2.16. The van der Waals surface area contributed by atoms with E-state index in [1.54, 1.807) is 0 Å². The first-order valence-corrected chi connectivity index (χ1v) is 7.77. The lowest BCUT2D eigenvalue weighted by molar-refractivity contribution is -0.129. The van der Waals surface area contributed by atoms with Crippen molar-refractivity contribution >= 4 is 5.91 Å². The summed E-state index contributed by atoms with van der Waals surface area (Å²) in [5, 5.41) is 3.41. The fourth-order valence-electron chi connectivity index (χ4n) is 2.75. The van der Waals surface area contributed by atoms with Crippen LogP contribution in [0.4, 0.5) is 0 Å². The molecule has 2 atom stereocenters. The molecular weight excluding hydrogens is 262 g/mol. The Morgan fingerprint density at radius 2 is 1.86 bits per heavy atom. The molecule has 0 saturated carbocycles. The molecule has 1 aliphatic heterocycles. The summed E-state index contributed by atoms with van der Waals surface area (Å²) < 4.78 is 0. The zero-order valence-electron chi connectivity index (χ0n) is 13.6. The standard InChI is InChI=1S/C17H27N3O/c1-13-7-9-15(10-8-13)16-18-14(2)17(21)20(16)12-6-5-11-19(3)4/h7-10,14,16,18H,5-6,11-12H2,1-4H3. The number of hydrogen-bond donors (Lipinski definition) is 1. The average molecular weight is 289 g/mol. The maximum atomic E-state index is 12.3. The molecule has 21 heavy (non-hydrogen) atoms. The number of rotatable bonds is 6. The summed E-state index contributed by atoms with van der Waals surface area (Å²) in [4.78, 5) is 16.5. The highest BCUT2D eigenvalue weighted by Crippen LogP contribution is 2.25. The maximum absolute atomic E-state index is 12.3. The van der Waals surface area contributed by atoms with Gasteiger partial charge < -0.3 is 9.80 Å². The number of carbonyl (C=O) groups is 1. The molecule has 0 bridgehead atoms. The Labute approximate surface area is 128 Å². The van der Waals surface area contributed by atoms with Crippen molar-refractivity contribution < 1.29 is 4.79 Å². The number of benzene rings is 1. The van der Waals surface area contributed by atoms with Crippen LogP contribution in [-0.2, 0) is 4.79 Å². The molecule has 1 aliphatic rings. The third kappa shape index (κ3) is 4.05. The molecule has 2 rings (SSSR count). The summed E-state index contributed by atoms with van der Waals surface area (Å²) in [6.45, 7) is 5.92. The van der Waals surface area contributed by atoms with Crippen molar-refractivity contribution in [3.05, 3.63) is 35.4 Å². The molecule has 1 heterocycles. The van der Waals surface area contributed by atoms with Gasteiger partial charge in [-0.1, -0.05) is 29.8 Å². The lowest BCUT2D eigenvalue weighted by atomic mass is 10.1. The lowest BCUT2D eigenvalue weighted by Gasteiger charge is -2.25. The van der Waals surface area contributed by atoms with E-state index >= 15 is 0 Å². The average Bonchev–Trinajstić information content (AvgIpc) is 2.72. The smallest absolute Gasteiger partial charge is 0.241 e. The predicted molar refractivity (Wildman–Crippen MR) is 86.0 cm³/mol. The lowest BCUT2D eigenvalue weighted by Crippen LogP contribution is -2.32. The topological polar surface area (TPSA) is 35.6 Å². The van der Waals surface area contributed by atoms with Crippen LogP contribution in [0.15, 0.2) is 24.3 Å². The molecule has 0 aliphatic carbocycles. The van der Waals surface area contributed by atoms with Gasteiger partial charge in [-0.25, -0.2) is 0 Å². The van der Waals surface area contributed by atoms with Gasteiger partial charge in [-0.05, 0) is 52.9 Å². The van der Waals surface area contributed by atoms with Crippen LogP contribution in [0.1, 0.15) is 37.1 Å². The first-order chi connectivity index (χ1) is 9.99. The number of unbranched alkanes of at least 4 members (excludes halogenated alkanes) is 1. The second kappa shape index (κ2) is 7.05. The third-order valence-corrected chi connectivity index (χ3v) is 4.02. The molecule has 4 nitrogen and oxygen atoms in total. The summed E-state index contributed by atoms with van der Waals surface area (Å²) >= 11 is 0. The van der Waals surface area contributed by atoms with E-state index in [1.807, 2.05) is 11.8 Å². The molecule has 0 aromatic heterocycles. The van der Waals surface area contributed by atoms with Crippen LogP contribution in [0.25, 0.3) is 0 Å². The van der Waals surface area contributed by atoms with E-state index in [0.717, 1.165) is 25.9 Å². The van der Waals surface area contributed by atoms with Crippen molar-refractivity contribution in [1.82, 2.24) is 15.1 Å².